The second kappa shape index (κ2) is 5.77. The molecule has 0 aliphatic rings. The molecule has 0 aliphatic carbocycles. The molecule has 0 radical (unpaired) electrons. The van der Waals surface area contributed by atoms with Gasteiger partial charge in [0.1, 0.15) is 11.5 Å². The Morgan fingerprint density at radius 3 is 2.65 bits per heavy atom. The predicted octanol–water partition coefficient (Wildman–Crippen LogP) is 4.75. The summed E-state index contributed by atoms with van der Waals surface area (Å²) >= 11 is 1.55. The molecule has 0 amide bonds. The number of aromatic nitrogens is 3. The summed E-state index contributed by atoms with van der Waals surface area (Å²) in [5, 5.41) is 3.48. The molecule has 120 valence electrons. The van der Waals surface area contributed by atoms with Crippen LogP contribution in [-0.4, -0.2) is 21.2 Å². The molecule has 0 unspecified atom stereocenters. The van der Waals surface area contributed by atoms with E-state index >= 15 is 0 Å². The van der Waals surface area contributed by atoms with Crippen molar-refractivity contribution < 1.29 is 13.2 Å². The molecule has 0 aliphatic heterocycles. The van der Waals surface area contributed by atoms with Gasteiger partial charge in [-0.05, 0) is 37.4 Å². The highest BCUT2D eigenvalue weighted by molar-refractivity contribution is 7.98. The number of hydrogen-bond donors (Lipinski definition) is 2. The lowest BCUT2D eigenvalue weighted by Gasteiger charge is -2.11. The van der Waals surface area contributed by atoms with Crippen molar-refractivity contribution in [3.8, 4) is 0 Å². The van der Waals surface area contributed by atoms with E-state index in [9.17, 15) is 13.2 Å². The highest BCUT2D eigenvalue weighted by Crippen LogP contribution is 2.32. The van der Waals surface area contributed by atoms with Crippen LogP contribution in [0.25, 0.3) is 11.0 Å². The summed E-state index contributed by atoms with van der Waals surface area (Å²) < 4.78 is 39.0. The molecule has 1 aromatic carbocycles. The van der Waals surface area contributed by atoms with Gasteiger partial charge in [0.15, 0.2) is 0 Å². The van der Waals surface area contributed by atoms with Crippen molar-refractivity contribution in [3.05, 3.63) is 41.9 Å². The third-order valence-corrected chi connectivity index (χ3v) is 3.93. The number of alkyl halides is 3. The van der Waals surface area contributed by atoms with E-state index in [0.29, 0.717) is 11.1 Å². The van der Waals surface area contributed by atoms with E-state index in [1.54, 1.807) is 30.8 Å². The number of nitrogens with one attached hydrogen (secondary N) is 2. The number of thioether (sulfide) groups is 1. The fourth-order valence-corrected chi connectivity index (χ4v) is 2.66. The van der Waals surface area contributed by atoms with Gasteiger partial charge < -0.3 is 10.3 Å². The van der Waals surface area contributed by atoms with Crippen LogP contribution >= 0.6 is 11.8 Å². The topological polar surface area (TPSA) is 53.6 Å². The summed E-state index contributed by atoms with van der Waals surface area (Å²) in [4.78, 5) is 11.1. The van der Waals surface area contributed by atoms with Crippen LogP contribution in [-0.2, 0) is 6.18 Å². The zero-order valence-electron chi connectivity index (χ0n) is 12.3. The van der Waals surface area contributed by atoms with Crippen molar-refractivity contribution in [1.82, 2.24) is 15.0 Å². The summed E-state index contributed by atoms with van der Waals surface area (Å²) in [6.07, 6.45) is -2.68. The highest BCUT2D eigenvalue weighted by Gasteiger charge is 2.35. The number of aromatic amines is 1. The van der Waals surface area contributed by atoms with Gasteiger partial charge in [-0.1, -0.05) is 6.07 Å². The Bertz CT molecular complexity index is 858. The van der Waals surface area contributed by atoms with Crippen LogP contribution in [0.2, 0.25) is 0 Å². The summed E-state index contributed by atoms with van der Waals surface area (Å²) in [7, 11) is 0. The smallest absolute Gasteiger partial charge is 0.343 e. The third-order valence-electron chi connectivity index (χ3n) is 3.21. The first-order valence-electron chi connectivity index (χ1n) is 6.72. The number of aryl methyl sites for hydroxylation is 1. The van der Waals surface area contributed by atoms with E-state index in [0.717, 1.165) is 10.6 Å². The quantitative estimate of drug-likeness (QED) is 0.677. The van der Waals surface area contributed by atoms with Gasteiger partial charge in [-0.25, -0.2) is 9.97 Å². The second-order valence-corrected chi connectivity index (χ2v) is 5.84. The molecule has 0 atom stereocenters. The molecular weight excluding hydrogens is 325 g/mol. The van der Waals surface area contributed by atoms with Crippen LogP contribution in [0.4, 0.5) is 24.7 Å². The molecule has 0 spiro atoms. The fourth-order valence-electron chi connectivity index (χ4n) is 2.20. The number of benzene rings is 1. The SMILES string of the molecule is CSc1cccc(Nc2nc(C(F)(F)F)nc3[nH]c(C)cc23)c1. The number of nitrogens with zero attached hydrogens (tertiary/aromatic N) is 2. The maximum atomic E-state index is 13.0. The molecule has 23 heavy (non-hydrogen) atoms. The summed E-state index contributed by atoms with van der Waals surface area (Å²) in [5.74, 6) is -1.04. The number of halogens is 3. The summed E-state index contributed by atoms with van der Waals surface area (Å²) in [6, 6.07) is 9.11. The molecule has 8 heteroatoms. The first kappa shape index (κ1) is 15.7. The molecule has 0 saturated heterocycles. The normalized spacial score (nSPS) is 11.9. The molecule has 2 aromatic heterocycles. The average molecular weight is 338 g/mol. The van der Waals surface area contributed by atoms with E-state index in [1.165, 1.54) is 0 Å². The van der Waals surface area contributed by atoms with E-state index in [-0.39, 0.29) is 11.5 Å². The van der Waals surface area contributed by atoms with E-state index in [4.69, 9.17) is 0 Å². The van der Waals surface area contributed by atoms with Gasteiger partial charge in [-0.15, -0.1) is 11.8 Å². The Hall–Kier alpha value is -2.22. The van der Waals surface area contributed by atoms with E-state index in [2.05, 4.69) is 20.3 Å². The third kappa shape index (κ3) is 3.26. The minimum Gasteiger partial charge on any atom is -0.343 e. The fraction of sp³-hybridized carbons (Fsp3) is 0.200. The number of H-pyrrole nitrogens is 1. The minimum atomic E-state index is -4.61. The lowest BCUT2D eigenvalue weighted by atomic mass is 10.3. The van der Waals surface area contributed by atoms with Crippen LogP contribution in [0.5, 0.6) is 0 Å². The second-order valence-electron chi connectivity index (χ2n) is 4.97. The number of anilines is 2. The minimum absolute atomic E-state index is 0.130. The first-order chi connectivity index (χ1) is 10.9. The van der Waals surface area contributed by atoms with Crippen LogP contribution in [0.15, 0.2) is 35.2 Å². The van der Waals surface area contributed by atoms with Gasteiger partial charge in [0, 0.05) is 16.3 Å². The number of fused-ring (bicyclic) bond motifs is 1. The van der Waals surface area contributed by atoms with Crippen molar-refractivity contribution in [2.45, 2.75) is 18.0 Å². The molecule has 0 fully saturated rings. The zero-order valence-corrected chi connectivity index (χ0v) is 13.1. The Balaban J connectivity index is 2.10. The molecule has 2 N–H and O–H groups in total. The first-order valence-corrected chi connectivity index (χ1v) is 7.95. The number of rotatable bonds is 3. The molecular formula is C15H13F3N4S. The van der Waals surface area contributed by atoms with Gasteiger partial charge >= 0.3 is 6.18 Å². The van der Waals surface area contributed by atoms with Crippen LogP contribution < -0.4 is 5.32 Å². The molecule has 3 rings (SSSR count). The molecule has 3 aromatic rings. The van der Waals surface area contributed by atoms with Gasteiger partial charge in [0.25, 0.3) is 0 Å². The predicted molar refractivity (Wildman–Crippen MR) is 85.1 cm³/mol. The summed E-state index contributed by atoms with van der Waals surface area (Å²) in [6.45, 7) is 1.76. The largest absolute Gasteiger partial charge is 0.451 e. The maximum absolute atomic E-state index is 13.0. The van der Waals surface area contributed by atoms with Crippen molar-refractivity contribution in [3.63, 3.8) is 0 Å². The molecule has 0 saturated carbocycles. The van der Waals surface area contributed by atoms with Gasteiger partial charge in [-0.2, -0.15) is 13.2 Å². The van der Waals surface area contributed by atoms with Crippen LogP contribution in [0.1, 0.15) is 11.5 Å². The van der Waals surface area contributed by atoms with Crippen molar-refractivity contribution in [1.29, 1.82) is 0 Å². The van der Waals surface area contributed by atoms with Gasteiger partial charge in [-0.3, -0.25) is 0 Å². The Morgan fingerprint density at radius 2 is 1.96 bits per heavy atom. The van der Waals surface area contributed by atoms with Gasteiger partial charge in [0.2, 0.25) is 5.82 Å². The molecule has 2 heterocycles. The van der Waals surface area contributed by atoms with Gasteiger partial charge in [0.05, 0.1) is 5.39 Å². The Labute approximate surface area is 134 Å². The van der Waals surface area contributed by atoms with E-state index in [1.807, 2.05) is 24.5 Å². The standard InChI is InChI=1S/C15H13F3N4S/c1-8-6-11-12(19-8)21-14(15(16,17)18)22-13(11)20-9-4-3-5-10(7-9)23-2/h3-7H,1-2H3,(H2,19,20,21,22). The van der Waals surface area contributed by atoms with E-state index < -0.39 is 12.0 Å². The summed E-state index contributed by atoms with van der Waals surface area (Å²) in [5.41, 5.74) is 1.55. The van der Waals surface area contributed by atoms with Crippen molar-refractivity contribution >= 4 is 34.3 Å². The Kier molecular flexibility index (Phi) is 3.93. The van der Waals surface area contributed by atoms with Crippen molar-refractivity contribution in [2.24, 2.45) is 0 Å². The number of hydrogen-bond acceptors (Lipinski definition) is 4. The van der Waals surface area contributed by atoms with Crippen LogP contribution in [0.3, 0.4) is 0 Å². The lowest BCUT2D eigenvalue weighted by Crippen LogP contribution is -2.12. The molecule has 4 nitrogen and oxygen atoms in total. The molecule has 0 bridgehead atoms. The van der Waals surface area contributed by atoms with Crippen molar-refractivity contribution in [2.75, 3.05) is 11.6 Å². The Morgan fingerprint density at radius 1 is 1.17 bits per heavy atom. The highest BCUT2D eigenvalue weighted by atomic mass is 32.2. The average Bonchev–Trinajstić information content (AvgIpc) is 2.87. The lowest BCUT2D eigenvalue weighted by molar-refractivity contribution is -0.144. The maximum Gasteiger partial charge on any atom is 0.451 e. The van der Waals surface area contributed by atoms with Crippen LogP contribution in [0, 0.1) is 6.92 Å². The zero-order chi connectivity index (χ0) is 16.6. The monoisotopic (exact) mass is 338 g/mol.